The van der Waals surface area contributed by atoms with Crippen LogP contribution < -0.4 is 0 Å². The van der Waals surface area contributed by atoms with Gasteiger partial charge in [-0.2, -0.15) is 0 Å². The van der Waals surface area contributed by atoms with Gasteiger partial charge in [0.05, 0.1) is 11.3 Å². The van der Waals surface area contributed by atoms with E-state index in [9.17, 15) is 4.39 Å². The third-order valence-corrected chi connectivity index (χ3v) is 5.96. The third kappa shape index (κ3) is 3.44. The van der Waals surface area contributed by atoms with E-state index >= 15 is 0 Å². The van der Waals surface area contributed by atoms with E-state index in [1.54, 1.807) is 23.9 Å². The molecule has 1 aliphatic rings. The second kappa shape index (κ2) is 7.44. The quantitative estimate of drug-likeness (QED) is 0.441. The lowest BCUT2D eigenvalue weighted by Crippen LogP contribution is -2.02. The van der Waals surface area contributed by atoms with E-state index in [2.05, 4.69) is 25.0 Å². The van der Waals surface area contributed by atoms with Crippen LogP contribution in [0.1, 0.15) is 24.7 Å². The second-order valence-electron chi connectivity index (χ2n) is 7.04. The van der Waals surface area contributed by atoms with E-state index in [0.717, 1.165) is 35.2 Å². The fraction of sp³-hybridized carbons (Fsp3) is 0.238. The zero-order valence-corrected chi connectivity index (χ0v) is 16.7. The first-order valence-electron chi connectivity index (χ1n) is 9.48. The lowest BCUT2D eigenvalue weighted by molar-refractivity contribution is 0.622. The Bertz CT molecular complexity index is 1150. The largest absolute Gasteiger partial charge is 0.313 e. The molecule has 0 atom stereocenters. The van der Waals surface area contributed by atoms with Gasteiger partial charge >= 0.3 is 0 Å². The molecule has 6 nitrogen and oxygen atoms in total. The van der Waals surface area contributed by atoms with Crippen molar-refractivity contribution < 1.29 is 4.39 Å². The minimum Gasteiger partial charge on any atom is -0.313 e. The van der Waals surface area contributed by atoms with Gasteiger partial charge in [-0.1, -0.05) is 54.2 Å². The highest BCUT2D eigenvalue weighted by Gasteiger charge is 2.31. The van der Waals surface area contributed by atoms with Crippen LogP contribution in [0.15, 0.2) is 59.8 Å². The summed E-state index contributed by atoms with van der Waals surface area (Å²) in [5.74, 6) is 2.61. The van der Waals surface area contributed by atoms with Crippen molar-refractivity contribution in [1.82, 2.24) is 29.5 Å². The zero-order valence-electron chi connectivity index (χ0n) is 15.9. The summed E-state index contributed by atoms with van der Waals surface area (Å²) in [5.41, 5.74) is 1.52. The van der Waals surface area contributed by atoms with Crippen LogP contribution in [-0.2, 0) is 12.8 Å². The van der Waals surface area contributed by atoms with Crippen molar-refractivity contribution in [3.8, 4) is 22.8 Å². The average Bonchev–Trinajstić information content (AvgIpc) is 3.40. The van der Waals surface area contributed by atoms with E-state index in [1.165, 1.54) is 6.07 Å². The van der Waals surface area contributed by atoms with Gasteiger partial charge in [0.25, 0.3) is 0 Å². The van der Waals surface area contributed by atoms with Crippen LogP contribution >= 0.6 is 11.8 Å². The van der Waals surface area contributed by atoms with Crippen molar-refractivity contribution in [2.24, 2.45) is 7.05 Å². The molecule has 0 saturated heterocycles. The molecule has 29 heavy (non-hydrogen) atoms. The summed E-state index contributed by atoms with van der Waals surface area (Å²) in [5, 5.41) is 18.1. The molecule has 5 rings (SSSR count). The van der Waals surface area contributed by atoms with Gasteiger partial charge in [0.1, 0.15) is 11.6 Å². The molecule has 2 heterocycles. The Morgan fingerprint density at radius 1 is 0.931 bits per heavy atom. The van der Waals surface area contributed by atoms with Crippen LogP contribution in [0.5, 0.6) is 0 Å². The van der Waals surface area contributed by atoms with Crippen LogP contribution in [0.2, 0.25) is 0 Å². The zero-order chi connectivity index (χ0) is 19.8. The predicted octanol–water partition coefficient (Wildman–Crippen LogP) is 4.51. The molecule has 0 unspecified atom stereocenters. The lowest BCUT2D eigenvalue weighted by atomic mass is 10.2. The summed E-state index contributed by atoms with van der Waals surface area (Å²) in [4.78, 5) is 0. The van der Waals surface area contributed by atoms with Crippen LogP contribution in [0.3, 0.4) is 0 Å². The molecule has 0 amide bonds. The Hall–Kier alpha value is -3.00. The Balaban J connectivity index is 1.41. The SMILES string of the molecule is Cn1c(CSc2nnc(-c3ccccc3F)n2C2CC2)nnc1-c1ccccc1. The maximum absolute atomic E-state index is 14.3. The first-order valence-corrected chi connectivity index (χ1v) is 10.5. The number of halogens is 1. The maximum atomic E-state index is 14.3. The highest BCUT2D eigenvalue weighted by Crippen LogP contribution is 2.41. The molecule has 2 aromatic heterocycles. The van der Waals surface area contributed by atoms with E-state index in [0.29, 0.717) is 23.2 Å². The molecule has 1 aliphatic carbocycles. The number of aromatic nitrogens is 6. The number of rotatable bonds is 6. The summed E-state index contributed by atoms with van der Waals surface area (Å²) in [6, 6.07) is 17.0. The molecule has 0 N–H and O–H groups in total. The van der Waals surface area contributed by atoms with E-state index in [-0.39, 0.29) is 5.82 Å². The van der Waals surface area contributed by atoms with Crippen molar-refractivity contribution in [3.05, 3.63) is 66.2 Å². The van der Waals surface area contributed by atoms with E-state index in [4.69, 9.17) is 0 Å². The molecule has 1 fully saturated rings. The van der Waals surface area contributed by atoms with E-state index < -0.39 is 0 Å². The van der Waals surface area contributed by atoms with Crippen molar-refractivity contribution in [2.75, 3.05) is 0 Å². The van der Waals surface area contributed by atoms with Gasteiger partial charge in [-0.3, -0.25) is 4.57 Å². The van der Waals surface area contributed by atoms with Crippen molar-refractivity contribution in [1.29, 1.82) is 0 Å². The minimum absolute atomic E-state index is 0.279. The van der Waals surface area contributed by atoms with Crippen molar-refractivity contribution in [2.45, 2.75) is 29.8 Å². The highest BCUT2D eigenvalue weighted by atomic mass is 32.2. The molecule has 2 aromatic carbocycles. The Kier molecular flexibility index (Phi) is 4.63. The van der Waals surface area contributed by atoms with Gasteiger partial charge in [0.2, 0.25) is 0 Å². The molecule has 0 bridgehead atoms. The number of thioether (sulfide) groups is 1. The molecule has 0 spiro atoms. The van der Waals surface area contributed by atoms with Gasteiger partial charge in [-0.15, -0.1) is 20.4 Å². The Morgan fingerprint density at radius 3 is 2.41 bits per heavy atom. The molecule has 4 aromatic rings. The summed E-state index contributed by atoms with van der Waals surface area (Å²) in [7, 11) is 1.97. The van der Waals surface area contributed by atoms with Crippen LogP contribution in [0.4, 0.5) is 4.39 Å². The normalized spacial score (nSPS) is 13.7. The maximum Gasteiger partial charge on any atom is 0.192 e. The lowest BCUT2D eigenvalue weighted by Gasteiger charge is -2.09. The fourth-order valence-corrected chi connectivity index (χ4v) is 4.30. The fourth-order valence-electron chi connectivity index (χ4n) is 3.32. The third-order valence-electron chi connectivity index (χ3n) is 5.02. The summed E-state index contributed by atoms with van der Waals surface area (Å²) < 4.78 is 18.4. The molecule has 8 heteroatoms. The Labute approximate surface area is 171 Å². The molecular weight excluding hydrogens is 387 g/mol. The van der Waals surface area contributed by atoms with Gasteiger partial charge in [0, 0.05) is 18.7 Å². The summed E-state index contributed by atoms with van der Waals surface area (Å²) in [6.07, 6.45) is 2.13. The van der Waals surface area contributed by atoms with Crippen LogP contribution in [-0.4, -0.2) is 29.5 Å². The van der Waals surface area contributed by atoms with Gasteiger partial charge in [0.15, 0.2) is 16.8 Å². The smallest absolute Gasteiger partial charge is 0.192 e. The minimum atomic E-state index is -0.279. The van der Waals surface area contributed by atoms with Crippen molar-refractivity contribution in [3.63, 3.8) is 0 Å². The monoisotopic (exact) mass is 406 g/mol. The number of hydrogen-bond acceptors (Lipinski definition) is 5. The second-order valence-corrected chi connectivity index (χ2v) is 7.98. The molecule has 0 radical (unpaired) electrons. The highest BCUT2D eigenvalue weighted by molar-refractivity contribution is 7.98. The molecule has 146 valence electrons. The van der Waals surface area contributed by atoms with Gasteiger partial charge in [-0.05, 0) is 25.0 Å². The van der Waals surface area contributed by atoms with Gasteiger partial charge < -0.3 is 4.57 Å². The summed E-state index contributed by atoms with van der Waals surface area (Å²) >= 11 is 1.56. The van der Waals surface area contributed by atoms with Gasteiger partial charge in [-0.25, -0.2) is 4.39 Å². The first-order chi connectivity index (χ1) is 14.2. The molecule has 1 saturated carbocycles. The average molecular weight is 406 g/mol. The number of nitrogens with zero attached hydrogens (tertiary/aromatic N) is 6. The summed E-state index contributed by atoms with van der Waals surface area (Å²) in [6.45, 7) is 0. The van der Waals surface area contributed by atoms with Crippen LogP contribution in [0, 0.1) is 5.82 Å². The van der Waals surface area contributed by atoms with Crippen LogP contribution in [0.25, 0.3) is 22.8 Å². The predicted molar refractivity (Wildman–Crippen MR) is 110 cm³/mol. The standard InChI is InChI=1S/C21H19FN6S/c1-27-18(23-24-19(27)14-7-3-2-4-8-14)13-29-21-26-25-20(28(21)15-11-12-15)16-9-5-6-10-17(16)22/h2-10,15H,11-13H2,1H3. The Morgan fingerprint density at radius 2 is 1.66 bits per heavy atom. The van der Waals surface area contributed by atoms with Crippen molar-refractivity contribution >= 4 is 11.8 Å². The number of benzene rings is 2. The first kappa shape index (κ1) is 18.1. The molecular formula is C21H19FN6S. The van der Waals surface area contributed by atoms with E-state index in [1.807, 2.05) is 48.0 Å². The number of hydrogen-bond donors (Lipinski definition) is 0. The topological polar surface area (TPSA) is 61.4 Å². The molecule has 0 aliphatic heterocycles.